The van der Waals surface area contributed by atoms with E-state index in [1.165, 1.54) is 17.7 Å². The van der Waals surface area contributed by atoms with Crippen LogP contribution in [0.4, 0.5) is 0 Å². The molecule has 1 aromatic rings. The lowest BCUT2D eigenvalue weighted by Gasteiger charge is -2.04. The van der Waals surface area contributed by atoms with Crippen molar-refractivity contribution in [2.24, 2.45) is 0 Å². The zero-order chi connectivity index (χ0) is 13.9. The number of carboxylic acids is 1. The Morgan fingerprint density at radius 3 is 2.68 bits per heavy atom. The number of aliphatic carboxylic acids is 1. The molecule has 0 unspecified atom stereocenters. The second kappa shape index (κ2) is 9.73. The first-order chi connectivity index (χ1) is 9.22. The number of hydrogen-bond acceptors (Lipinski definition) is 3. The summed E-state index contributed by atoms with van der Waals surface area (Å²) in [6.45, 7) is 0. The fraction of sp³-hybridized carbons (Fsp3) is 0.533. The van der Waals surface area contributed by atoms with E-state index in [1.54, 1.807) is 7.11 Å². The van der Waals surface area contributed by atoms with Gasteiger partial charge in [0.1, 0.15) is 5.75 Å². The standard InChI is InChI=1S/C15H22O3S/c1-18-13-8-7-9-14(12-13)19-11-6-4-2-3-5-10-15(16)17/h7-9,12H,2-6,10-11H2,1H3,(H,16,17). The predicted molar refractivity (Wildman–Crippen MR) is 79.1 cm³/mol. The third-order valence-corrected chi connectivity index (χ3v) is 3.92. The minimum absolute atomic E-state index is 0.304. The van der Waals surface area contributed by atoms with Gasteiger partial charge < -0.3 is 9.84 Å². The molecular weight excluding hydrogens is 260 g/mol. The molecule has 0 aliphatic heterocycles. The third-order valence-electron chi connectivity index (χ3n) is 2.84. The Morgan fingerprint density at radius 1 is 1.21 bits per heavy atom. The normalized spacial score (nSPS) is 10.4. The van der Waals surface area contributed by atoms with Gasteiger partial charge in [-0.2, -0.15) is 0 Å². The van der Waals surface area contributed by atoms with E-state index in [4.69, 9.17) is 9.84 Å². The maximum Gasteiger partial charge on any atom is 0.303 e. The summed E-state index contributed by atoms with van der Waals surface area (Å²) in [5.74, 6) is 1.32. The fourth-order valence-corrected chi connectivity index (χ4v) is 2.75. The Balaban J connectivity index is 2.02. The van der Waals surface area contributed by atoms with Crippen LogP contribution in [0.1, 0.15) is 38.5 Å². The third kappa shape index (κ3) is 7.78. The first kappa shape index (κ1) is 15.9. The van der Waals surface area contributed by atoms with Gasteiger partial charge in [0.15, 0.2) is 0 Å². The number of thioether (sulfide) groups is 1. The minimum atomic E-state index is -0.686. The Labute approximate surface area is 119 Å². The number of ether oxygens (including phenoxy) is 1. The SMILES string of the molecule is COc1cccc(SCCCCCCCC(=O)O)c1. The van der Waals surface area contributed by atoms with E-state index in [0.29, 0.717) is 6.42 Å². The van der Waals surface area contributed by atoms with Crippen LogP contribution in [0.15, 0.2) is 29.2 Å². The molecule has 0 bridgehead atoms. The van der Waals surface area contributed by atoms with E-state index in [2.05, 4.69) is 12.1 Å². The van der Waals surface area contributed by atoms with Gasteiger partial charge in [0.05, 0.1) is 7.11 Å². The second-order valence-corrected chi connectivity index (χ2v) is 5.61. The number of methoxy groups -OCH3 is 1. The number of rotatable bonds is 10. The Hall–Kier alpha value is -1.16. The summed E-state index contributed by atoms with van der Waals surface area (Å²) in [4.78, 5) is 11.6. The van der Waals surface area contributed by atoms with Crippen LogP contribution in [0.2, 0.25) is 0 Å². The maximum absolute atomic E-state index is 10.3. The first-order valence-corrected chi connectivity index (χ1v) is 7.69. The molecule has 0 saturated heterocycles. The van der Waals surface area contributed by atoms with Crippen LogP contribution >= 0.6 is 11.8 Å². The van der Waals surface area contributed by atoms with Crippen molar-refractivity contribution in [2.75, 3.05) is 12.9 Å². The average molecular weight is 282 g/mol. The van der Waals surface area contributed by atoms with Gasteiger partial charge in [0.2, 0.25) is 0 Å². The van der Waals surface area contributed by atoms with E-state index < -0.39 is 5.97 Å². The van der Waals surface area contributed by atoms with Gasteiger partial charge in [-0.15, -0.1) is 11.8 Å². The number of unbranched alkanes of at least 4 members (excludes halogenated alkanes) is 4. The summed E-state index contributed by atoms with van der Waals surface area (Å²) in [5, 5.41) is 8.51. The van der Waals surface area contributed by atoms with Crippen molar-refractivity contribution in [1.29, 1.82) is 0 Å². The molecule has 0 atom stereocenters. The molecule has 106 valence electrons. The highest BCUT2D eigenvalue weighted by molar-refractivity contribution is 7.99. The highest BCUT2D eigenvalue weighted by Gasteiger charge is 1.98. The smallest absolute Gasteiger partial charge is 0.303 e. The molecule has 0 aliphatic rings. The zero-order valence-corrected chi connectivity index (χ0v) is 12.2. The largest absolute Gasteiger partial charge is 0.497 e. The van der Waals surface area contributed by atoms with Gasteiger partial charge >= 0.3 is 5.97 Å². The van der Waals surface area contributed by atoms with Gasteiger partial charge in [-0.05, 0) is 36.8 Å². The molecule has 0 aliphatic carbocycles. The summed E-state index contributed by atoms with van der Waals surface area (Å²) in [5.41, 5.74) is 0. The quantitative estimate of drug-likeness (QED) is 0.516. The van der Waals surface area contributed by atoms with Crippen LogP contribution in [-0.4, -0.2) is 23.9 Å². The van der Waals surface area contributed by atoms with Crippen molar-refractivity contribution in [1.82, 2.24) is 0 Å². The van der Waals surface area contributed by atoms with E-state index in [-0.39, 0.29) is 0 Å². The van der Waals surface area contributed by atoms with Crippen molar-refractivity contribution in [3.63, 3.8) is 0 Å². The molecule has 1 aromatic carbocycles. The second-order valence-electron chi connectivity index (χ2n) is 4.44. The van der Waals surface area contributed by atoms with E-state index in [1.807, 2.05) is 23.9 Å². The van der Waals surface area contributed by atoms with E-state index in [0.717, 1.165) is 30.8 Å². The van der Waals surface area contributed by atoms with Gasteiger partial charge in [0, 0.05) is 11.3 Å². The molecule has 0 fully saturated rings. The molecule has 0 heterocycles. The predicted octanol–water partition coefficient (Wildman–Crippen LogP) is 4.21. The lowest BCUT2D eigenvalue weighted by Crippen LogP contribution is -1.93. The van der Waals surface area contributed by atoms with Crippen LogP contribution < -0.4 is 4.74 Å². The number of carboxylic acid groups (broad SMARTS) is 1. The summed E-state index contributed by atoms with van der Waals surface area (Å²) in [6.07, 6.45) is 5.62. The molecule has 4 heteroatoms. The highest BCUT2D eigenvalue weighted by Crippen LogP contribution is 2.23. The van der Waals surface area contributed by atoms with E-state index >= 15 is 0 Å². The zero-order valence-electron chi connectivity index (χ0n) is 11.4. The van der Waals surface area contributed by atoms with Gasteiger partial charge in [-0.25, -0.2) is 0 Å². The van der Waals surface area contributed by atoms with Gasteiger partial charge in [0.25, 0.3) is 0 Å². The molecule has 0 spiro atoms. The topological polar surface area (TPSA) is 46.5 Å². The molecule has 3 nitrogen and oxygen atoms in total. The highest BCUT2D eigenvalue weighted by atomic mass is 32.2. The summed E-state index contributed by atoms with van der Waals surface area (Å²) < 4.78 is 5.18. The van der Waals surface area contributed by atoms with Crippen molar-refractivity contribution < 1.29 is 14.6 Å². The molecule has 0 saturated carbocycles. The van der Waals surface area contributed by atoms with E-state index in [9.17, 15) is 4.79 Å². The van der Waals surface area contributed by atoms with Gasteiger partial charge in [-0.3, -0.25) is 4.79 Å². The average Bonchev–Trinajstić information content (AvgIpc) is 2.41. The van der Waals surface area contributed by atoms with Crippen LogP contribution in [0.5, 0.6) is 5.75 Å². The molecule has 0 aromatic heterocycles. The fourth-order valence-electron chi connectivity index (χ4n) is 1.79. The minimum Gasteiger partial charge on any atom is -0.497 e. The van der Waals surface area contributed by atoms with Crippen molar-refractivity contribution in [3.8, 4) is 5.75 Å². The molecule has 0 radical (unpaired) electrons. The van der Waals surface area contributed by atoms with Gasteiger partial charge in [-0.1, -0.05) is 25.3 Å². The van der Waals surface area contributed by atoms with Crippen molar-refractivity contribution in [2.45, 2.75) is 43.4 Å². The number of carbonyl (C=O) groups is 1. The summed E-state index contributed by atoms with van der Waals surface area (Å²) in [6, 6.07) is 8.11. The lowest BCUT2D eigenvalue weighted by atomic mass is 10.1. The van der Waals surface area contributed by atoms with Crippen LogP contribution in [0.3, 0.4) is 0 Å². The monoisotopic (exact) mass is 282 g/mol. The first-order valence-electron chi connectivity index (χ1n) is 6.71. The molecular formula is C15H22O3S. The number of benzene rings is 1. The van der Waals surface area contributed by atoms with Crippen molar-refractivity contribution >= 4 is 17.7 Å². The Bertz CT molecular complexity index is 379. The maximum atomic E-state index is 10.3. The van der Waals surface area contributed by atoms with Crippen LogP contribution in [-0.2, 0) is 4.79 Å². The molecule has 0 amide bonds. The summed E-state index contributed by atoms with van der Waals surface area (Å²) >= 11 is 1.84. The summed E-state index contributed by atoms with van der Waals surface area (Å²) in [7, 11) is 1.68. The van der Waals surface area contributed by atoms with Crippen LogP contribution in [0.25, 0.3) is 0 Å². The Kier molecular flexibility index (Phi) is 8.14. The Morgan fingerprint density at radius 2 is 1.95 bits per heavy atom. The lowest BCUT2D eigenvalue weighted by molar-refractivity contribution is -0.137. The molecule has 1 N–H and O–H groups in total. The number of hydrogen-bond donors (Lipinski definition) is 1. The molecule has 19 heavy (non-hydrogen) atoms. The molecule has 1 rings (SSSR count). The van der Waals surface area contributed by atoms with Crippen molar-refractivity contribution in [3.05, 3.63) is 24.3 Å². The van der Waals surface area contributed by atoms with Crippen LogP contribution in [0, 0.1) is 0 Å².